The summed E-state index contributed by atoms with van der Waals surface area (Å²) < 4.78 is 30.7. The van der Waals surface area contributed by atoms with Crippen molar-refractivity contribution in [1.29, 1.82) is 0 Å². The molecule has 104 valence electrons. The Labute approximate surface area is 103 Å². The van der Waals surface area contributed by atoms with Gasteiger partial charge in [-0.05, 0) is 0 Å². The van der Waals surface area contributed by atoms with Crippen LogP contribution in [-0.2, 0) is 3.74 Å². The van der Waals surface area contributed by atoms with Crippen LogP contribution < -0.4 is 0 Å². The molecule has 0 aromatic rings. The molecule has 17 heavy (non-hydrogen) atoms. The van der Waals surface area contributed by atoms with Gasteiger partial charge < -0.3 is 10.2 Å². The largest absolute Gasteiger partial charge is 0.395 e. The van der Waals surface area contributed by atoms with Crippen molar-refractivity contribution in [2.24, 2.45) is 0 Å². The third kappa shape index (κ3) is 12.3. The van der Waals surface area contributed by atoms with E-state index in [0.717, 1.165) is 39.3 Å². The summed E-state index contributed by atoms with van der Waals surface area (Å²) >= 11 is -5.12. The summed E-state index contributed by atoms with van der Waals surface area (Å²) in [7, 11) is 0. The zero-order valence-electron chi connectivity index (χ0n) is 9.64. The Morgan fingerprint density at radius 3 is 1.24 bits per heavy atom. The summed E-state index contributed by atoms with van der Waals surface area (Å²) in [4.78, 5) is 4.49. The maximum atomic E-state index is 8.94. The second-order valence-corrected chi connectivity index (χ2v) is 5.80. The smallest absolute Gasteiger partial charge is 0.0558 e. The van der Waals surface area contributed by atoms with Crippen molar-refractivity contribution in [2.75, 3.05) is 52.5 Å². The molecular formula is C8H21AsN2O6. The Bertz CT molecular complexity index is 206. The molecule has 0 atom stereocenters. The zero-order valence-corrected chi connectivity index (χ0v) is 11.5. The molecule has 9 heteroatoms. The predicted molar refractivity (Wildman–Crippen MR) is 60.1 cm³/mol. The standard InChI is InChI=1S/C8H18N2O2.AsH3O4/c11-7-5-9-1-2-10(4-3-9)6-8-12;2-1(3,4)5/h11-12H,1-8H2;(H3,2,3,4,5). The second kappa shape index (κ2) is 9.07. The minimum Gasteiger partial charge on any atom is -0.395 e. The topological polar surface area (TPSA) is 125 Å². The van der Waals surface area contributed by atoms with Crippen molar-refractivity contribution in [3.8, 4) is 0 Å². The first kappa shape index (κ1) is 17.1. The van der Waals surface area contributed by atoms with Crippen molar-refractivity contribution in [3.05, 3.63) is 0 Å². The van der Waals surface area contributed by atoms with Gasteiger partial charge in [0.25, 0.3) is 0 Å². The fraction of sp³-hybridized carbons (Fsp3) is 1.00. The van der Waals surface area contributed by atoms with Crippen LogP contribution in [0.15, 0.2) is 0 Å². The molecule has 1 heterocycles. The third-order valence-electron chi connectivity index (χ3n) is 2.30. The molecule has 0 aliphatic carbocycles. The van der Waals surface area contributed by atoms with E-state index in [1.165, 1.54) is 0 Å². The molecule has 0 aromatic heterocycles. The molecule has 1 saturated heterocycles. The Hall–Kier alpha value is 0.0784. The van der Waals surface area contributed by atoms with Gasteiger partial charge in [0.1, 0.15) is 0 Å². The number of nitrogens with zero attached hydrogens (tertiary/aromatic N) is 2. The van der Waals surface area contributed by atoms with Crippen LogP contribution in [0.3, 0.4) is 0 Å². The molecule has 0 amide bonds. The van der Waals surface area contributed by atoms with Crippen LogP contribution in [0.4, 0.5) is 0 Å². The van der Waals surface area contributed by atoms with Gasteiger partial charge in [0.2, 0.25) is 0 Å². The van der Waals surface area contributed by atoms with Crippen LogP contribution in [-0.4, -0.2) is 99.3 Å². The number of hydrogen-bond donors (Lipinski definition) is 5. The average Bonchev–Trinajstić information content (AvgIpc) is 2.19. The fourth-order valence-corrected chi connectivity index (χ4v) is 1.52. The Balaban J connectivity index is 0.000000437. The van der Waals surface area contributed by atoms with E-state index in [9.17, 15) is 0 Å². The van der Waals surface area contributed by atoms with E-state index in [-0.39, 0.29) is 13.2 Å². The summed E-state index contributed by atoms with van der Waals surface area (Å²) in [6.07, 6.45) is 0. The molecule has 8 nitrogen and oxygen atoms in total. The van der Waals surface area contributed by atoms with Crippen molar-refractivity contribution >= 4 is 14.5 Å². The van der Waals surface area contributed by atoms with Gasteiger partial charge in [0, 0.05) is 39.3 Å². The number of aliphatic hydroxyl groups is 2. The van der Waals surface area contributed by atoms with Gasteiger partial charge in [0.05, 0.1) is 13.2 Å². The minimum absolute atomic E-state index is 0.250. The summed E-state index contributed by atoms with van der Waals surface area (Å²) in [5, 5.41) is 17.4. The number of rotatable bonds is 4. The molecule has 0 spiro atoms. The first-order valence-electron chi connectivity index (χ1n) is 5.31. The van der Waals surface area contributed by atoms with Crippen LogP contribution in [0.5, 0.6) is 0 Å². The van der Waals surface area contributed by atoms with Crippen molar-refractivity contribution in [3.63, 3.8) is 0 Å². The third-order valence-corrected chi connectivity index (χ3v) is 2.30. The first-order chi connectivity index (χ1) is 7.86. The molecule has 0 aromatic carbocycles. The van der Waals surface area contributed by atoms with Gasteiger partial charge in [-0.25, -0.2) is 0 Å². The van der Waals surface area contributed by atoms with Crippen LogP contribution in [0, 0.1) is 0 Å². The predicted octanol–water partition coefficient (Wildman–Crippen LogP) is -3.58. The van der Waals surface area contributed by atoms with Crippen LogP contribution in [0.25, 0.3) is 0 Å². The van der Waals surface area contributed by atoms with Crippen molar-refractivity contribution in [1.82, 2.24) is 9.80 Å². The van der Waals surface area contributed by atoms with E-state index in [1.54, 1.807) is 0 Å². The van der Waals surface area contributed by atoms with E-state index in [4.69, 9.17) is 26.2 Å². The quantitative estimate of drug-likeness (QED) is 0.337. The molecule has 5 N–H and O–H groups in total. The van der Waals surface area contributed by atoms with E-state index >= 15 is 0 Å². The van der Waals surface area contributed by atoms with Crippen LogP contribution in [0.2, 0.25) is 0 Å². The van der Waals surface area contributed by atoms with Gasteiger partial charge in [-0.15, -0.1) is 0 Å². The van der Waals surface area contributed by atoms with Crippen molar-refractivity contribution in [2.45, 2.75) is 0 Å². The molecule has 1 rings (SSSR count). The van der Waals surface area contributed by atoms with Crippen LogP contribution in [0.1, 0.15) is 0 Å². The van der Waals surface area contributed by atoms with Gasteiger partial charge in [0.15, 0.2) is 0 Å². The number of piperazine rings is 1. The maximum Gasteiger partial charge on any atom is 0.0558 e. The maximum absolute atomic E-state index is 8.94. The Morgan fingerprint density at radius 2 is 1.06 bits per heavy atom. The Kier molecular flexibility index (Phi) is 9.11. The molecule has 0 saturated carbocycles. The number of hydrogen-bond acceptors (Lipinski definition) is 5. The van der Waals surface area contributed by atoms with Crippen LogP contribution >= 0.6 is 0 Å². The fourth-order valence-electron chi connectivity index (χ4n) is 1.52. The summed E-state index contributed by atoms with van der Waals surface area (Å²) in [6, 6.07) is 0. The van der Waals surface area contributed by atoms with E-state index in [2.05, 4.69) is 9.80 Å². The average molecular weight is 316 g/mol. The molecule has 1 aliphatic heterocycles. The SMILES string of the molecule is O=[As](O)(O)O.OCCN1CCN(CCO)CC1. The van der Waals surface area contributed by atoms with Crippen molar-refractivity contribution < 1.29 is 26.2 Å². The number of β-amino-alcohol motifs (C(OH)–C–C–N with tert-alkyl or cyclic N) is 2. The summed E-state index contributed by atoms with van der Waals surface area (Å²) in [5.74, 6) is 0. The van der Waals surface area contributed by atoms with E-state index < -0.39 is 14.5 Å². The van der Waals surface area contributed by atoms with Gasteiger partial charge in [-0.2, -0.15) is 0 Å². The molecule has 1 fully saturated rings. The first-order valence-corrected chi connectivity index (χ1v) is 8.60. The number of aliphatic hydroxyl groups excluding tert-OH is 2. The van der Waals surface area contributed by atoms with E-state index in [0.29, 0.717) is 0 Å². The second-order valence-electron chi connectivity index (χ2n) is 3.64. The molecular weight excluding hydrogens is 295 g/mol. The zero-order chi connectivity index (χ0) is 13.3. The molecule has 0 bridgehead atoms. The summed E-state index contributed by atoms with van der Waals surface area (Å²) in [6.45, 7) is 6.13. The van der Waals surface area contributed by atoms with E-state index in [1.807, 2.05) is 0 Å². The normalized spacial score (nSPS) is 18.6. The molecule has 0 radical (unpaired) electrons. The van der Waals surface area contributed by atoms with Gasteiger partial charge >= 0.3 is 30.5 Å². The monoisotopic (exact) mass is 316 g/mol. The Morgan fingerprint density at radius 1 is 0.824 bits per heavy atom. The van der Waals surface area contributed by atoms with Gasteiger partial charge in [-0.1, -0.05) is 0 Å². The van der Waals surface area contributed by atoms with Gasteiger partial charge in [-0.3, -0.25) is 9.80 Å². The molecule has 0 unspecified atom stereocenters. The minimum atomic E-state index is -5.12. The summed E-state index contributed by atoms with van der Waals surface area (Å²) in [5.41, 5.74) is 0. The molecule has 1 aliphatic rings.